The molecule has 22 heavy (non-hydrogen) atoms. The van der Waals surface area contributed by atoms with E-state index in [2.05, 4.69) is 39.3 Å². The summed E-state index contributed by atoms with van der Waals surface area (Å²) in [4.78, 5) is 7.62. The van der Waals surface area contributed by atoms with Crippen molar-refractivity contribution in [1.29, 1.82) is 0 Å². The van der Waals surface area contributed by atoms with Crippen LogP contribution in [0, 0.1) is 0 Å². The lowest BCUT2D eigenvalue weighted by molar-refractivity contribution is 0.732. The summed E-state index contributed by atoms with van der Waals surface area (Å²) in [6.45, 7) is 0. The average Bonchev–Trinajstić information content (AvgIpc) is 2.89. The number of aromatic nitrogens is 2. The van der Waals surface area contributed by atoms with Gasteiger partial charge in [-0.05, 0) is 36.4 Å². The van der Waals surface area contributed by atoms with Gasteiger partial charge < -0.3 is 4.90 Å². The second kappa shape index (κ2) is 6.15. The highest BCUT2D eigenvalue weighted by atomic mass is 32.1. The zero-order valence-corrected chi connectivity index (χ0v) is 13.7. The average molecular weight is 310 g/mol. The lowest BCUT2D eigenvalue weighted by atomic mass is 10.2. The van der Waals surface area contributed by atoms with Gasteiger partial charge in [0.2, 0.25) is 4.80 Å². The van der Waals surface area contributed by atoms with E-state index in [4.69, 9.17) is 0 Å². The van der Waals surface area contributed by atoms with Crippen LogP contribution in [-0.2, 0) is 7.05 Å². The molecule has 0 saturated carbocycles. The van der Waals surface area contributed by atoms with E-state index in [0.29, 0.717) is 0 Å². The molecule has 112 valence electrons. The van der Waals surface area contributed by atoms with Crippen molar-refractivity contribution in [3.8, 4) is 10.6 Å². The highest BCUT2D eigenvalue weighted by Crippen LogP contribution is 2.22. The number of aryl methyl sites for hydroxylation is 1. The predicted octanol–water partition coefficient (Wildman–Crippen LogP) is 3.45. The van der Waals surface area contributed by atoms with Crippen LogP contribution >= 0.6 is 11.3 Å². The Labute approximate surface area is 134 Å². The highest BCUT2D eigenvalue weighted by Gasteiger charge is 2.06. The molecule has 2 aromatic carbocycles. The Morgan fingerprint density at radius 1 is 1.00 bits per heavy atom. The summed E-state index contributed by atoms with van der Waals surface area (Å²) in [5.41, 5.74) is 3.23. The van der Waals surface area contributed by atoms with Gasteiger partial charge in [-0.3, -0.25) is 0 Å². The van der Waals surface area contributed by atoms with E-state index in [-0.39, 0.29) is 0 Å². The molecule has 0 bridgehead atoms. The van der Waals surface area contributed by atoms with E-state index >= 15 is 0 Å². The third-order valence-electron chi connectivity index (χ3n) is 3.32. The Morgan fingerprint density at radius 3 is 2.32 bits per heavy atom. The molecule has 5 heteroatoms. The van der Waals surface area contributed by atoms with Crippen LogP contribution in [-0.4, -0.2) is 23.9 Å². The van der Waals surface area contributed by atoms with Crippen molar-refractivity contribution in [3.63, 3.8) is 0 Å². The van der Waals surface area contributed by atoms with Gasteiger partial charge in [0.15, 0.2) is 0 Å². The summed E-state index contributed by atoms with van der Waals surface area (Å²) in [5.74, 6) is 0. The van der Waals surface area contributed by atoms with Gasteiger partial charge in [0, 0.05) is 32.4 Å². The maximum absolute atomic E-state index is 4.64. The molecule has 0 aliphatic carbocycles. The summed E-state index contributed by atoms with van der Waals surface area (Å²) in [6, 6.07) is 18.3. The fourth-order valence-electron chi connectivity index (χ4n) is 2.08. The van der Waals surface area contributed by atoms with Gasteiger partial charge in [-0.15, -0.1) is 0 Å². The Morgan fingerprint density at radius 2 is 1.68 bits per heavy atom. The fraction of sp³-hybridized carbons (Fsp3) is 0.176. The SMILES string of the molecule is CN(C)c1ccc(-c2nn(C)c(=Nc3ccccc3)s2)cc1. The number of hydrogen-bond donors (Lipinski definition) is 0. The molecule has 3 aromatic rings. The minimum atomic E-state index is 0.887. The molecule has 0 aliphatic rings. The lowest BCUT2D eigenvalue weighted by Crippen LogP contribution is -2.10. The van der Waals surface area contributed by atoms with Gasteiger partial charge in [-0.2, -0.15) is 5.10 Å². The van der Waals surface area contributed by atoms with Crippen LogP contribution in [0.1, 0.15) is 0 Å². The zero-order chi connectivity index (χ0) is 15.5. The Hall–Kier alpha value is -2.40. The molecule has 1 heterocycles. The van der Waals surface area contributed by atoms with Crippen LogP contribution in [0.5, 0.6) is 0 Å². The third kappa shape index (κ3) is 3.09. The zero-order valence-electron chi connectivity index (χ0n) is 12.9. The number of rotatable bonds is 3. The third-order valence-corrected chi connectivity index (χ3v) is 4.37. The molecule has 0 radical (unpaired) electrons. The van der Waals surface area contributed by atoms with E-state index in [1.165, 1.54) is 5.69 Å². The predicted molar refractivity (Wildman–Crippen MR) is 92.5 cm³/mol. The second-order valence-corrected chi connectivity index (χ2v) is 6.16. The Bertz CT molecular complexity index is 814. The molecule has 0 spiro atoms. The smallest absolute Gasteiger partial charge is 0.208 e. The van der Waals surface area contributed by atoms with Gasteiger partial charge >= 0.3 is 0 Å². The number of hydrogen-bond acceptors (Lipinski definition) is 4. The van der Waals surface area contributed by atoms with Crippen LogP contribution in [0.4, 0.5) is 11.4 Å². The van der Waals surface area contributed by atoms with Crippen LogP contribution in [0.3, 0.4) is 0 Å². The largest absolute Gasteiger partial charge is 0.378 e. The van der Waals surface area contributed by atoms with Crippen molar-refractivity contribution >= 4 is 22.7 Å². The molecule has 0 fully saturated rings. The normalized spacial score (nSPS) is 11.7. The van der Waals surface area contributed by atoms with E-state index in [9.17, 15) is 0 Å². The maximum atomic E-state index is 4.64. The van der Waals surface area contributed by atoms with E-state index in [0.717, 1.165) is 21.1 Å². The minimum absolute atomic E-state index is 0.887. The Balaban J connectivity index is 1.97. The van der Waals surface area contributed by atoms with Crippen molar-refractivity contribution in [3.05, 3.63) is 59.4 Å². The van der Waals surface area contributed by atoms with E-state index in [1.807, 2.05) is 56.2 Å². The number of anilines is 1. The van der Waals surface area contributed by atoms with Crippen molar-refractivity contribution in [1.82, 2.24) is 9.78 Å². The molecular weight excluding hydrogens is 292 g/mol. The minimum Gasteiger partial charge on any atom is -0.378 e. The van der Waals surface area contributed by atoms with Crippen LogP contribution < -0.4 is 9.70 Å². The first-order chi connectivity index (χ1) is 10.6. The molecule has 0 unspecified atom stereocenters. The van der Waals surface area contributed by atoms with Gasteiger partial charge in [0.1, 0.15) is 5.01 Å². The molecule has 0 aliphatic heterocycles. The van der Waals surface area contributed by atoms with Gasteiger partial charge in [-0.1, -0.05) is 29.5 Å². The molecule has 0 atom stereocenters. The number of para-hydroxylation sites is 1. The molecule has 0 amide bonds. The molecule has 3 rings (SSSR count). The maximum Gasteiger partial charge on any atom is 0.208 e. The molecule has 0 saturated heterocycles. The van der Waals surface area contributed by atoms with E-state index < -0.39 is 0 Å². The first-order valence-corrected chi connectivity index (χ1v) is 7.87. The number of benzene rings is 2. The molecule has 4 nitrogen and oxygen atoms in total. The van der Waals surface area contributed by atoms with Crippen LogP contribution in [0.2, 0.25) is 0 Å². The lowest BCUT2D eigenvalue weighted by Gasteiger charge is -2.11. The molecular formula is C17H18N4S. The highest BCUT2D eigenvalue weighted by molar-refractivity contribution is 7.12. The summed E-state index contributed by atoms with van der Waals surface area (Å²) < 4.78 is 1.83. The van der Waals surface area contributed by atoms with Crippen molar-refractivity contribution in [2.75, 3.05) is 19.0 Å². The second-order valence-electron chi connectivity index (χ2n) is 5.20. The summed E-state index contributed by atoms with van der Waals surface area (Å²) in [5, 5.41) is 5.55. The summed E-state index contributed by atoms with van der Waals surface area (Å²) in [6.07, 6.45) is 0. The van der Waals surface area contributed by atoms with Gasteiger partial charge in [0.25, 0.3) is 0 Å². The quantitative estimate of drug-likeness (QED) is 0.742. The Kier molecular flexibility index (Phi) is 4.06. The van der Waals surface area contributed by atoms with Crippen LogP contribution in [0.25, 0.3) is 10.6 Å². The van der Waals surface area contributed by atoms with Gasteiger partial charge in [-0.25, -0.2) is 9.67 Å². The topological polar surface area (TPSA) is 33.4 Å². The van der Waals surface area contributed by atoms with Crippen LogP contribution in [0.15, 0.2) is 59.6 Å². The fourth-order valence-corrected chi connectivity index (χ4v) is 2.99. The van der Waals surface area contributed by atoms with Crippen molar-refractivity contribution in [2.45, 2.75) is 0 Å². The standard InChI is InChI=1S/C17H18N4S/c1-20(2)15-11-9-13(10-12-15)16-19-21(3)17(22-16)18-14-7-5-4-6-8-14/h4-12H,1-3H3. The van der Waals surface area contributed by atoms with Crippen molar-refractivity contribution in [2.24, 2.45) is 12.0 Å². The summed E-state index contributed by atoms with van der Waals surface area (Å²) >= 11 is 1.59. The number of nitrogens with zero attached hydrogens (tertiary/aromatic N) is 4. The molecule has 0 N–H and O–H groups in total. The monoisotopic (exact) mass is 310 g/mol. The first-order valence-electron chi connectivity index (χ1n) is 7.05. The first kappa shape index (κ1) is 14.5. The molecule has 1 aromatic heterocycles. The van der Waals surface area contributed by atoms with Gasteiger partial charge in [0.05, 0.1) is 5.69 Å². The summed E-state index contributed by atoms with van der Waals surface area (Å²) in [7, 11) is 6.00. The van der Waals surface area contributed by atoms with E-state index in [1.54, 1.807) is 11.3 Å². The van der Waals surface area contributed by atoms with Crippen molar-refractivity contribution < 1.29 is 0 Å².